The maximum absolute atomic E-state index is 13.6. The van der Waals surface area contributed by atoms with E-state index in [-0.39, 0.29) is 24.3 Å². The third kappa shape index (κ3) is 7.06. The molecule has 192 valence electrons. The van der Waals surface area contributed by atoms with Crippen LogP contribution < -0.4 is 21.0 Å². The van der Waals surface area contributed by atoms with Gasteiger partial charge in [0.2, 0.25) is 0 Å². The third-order valence-electron chi connectivity index (χ3n) is 4.90. The van der Waals surface area contributed by atoms with Crippen molar-refractivity contribution < 1.29 is 33.4 Å². The van der Waals surface area contributed by atoms with Gasteiger partial charge in [0.15, 0.2) is 0 Å². The van der Waals surface area contributed by atoms with E-state index in [0.717, 1.165) is 16.3 Å². The van der Waals surface area contributed by atoms with Crippen LogP contribution in [0.4, 0.5) is 5.82 Å². The number of thioether (sulfide) groups is 1. The number of anilines is 1. The topological polar surface area (TPSA) is 175 Å². The first kappa shape index (κ1) is 27.2. The number of nitrogens with two attached hydrogens (primary N) is 1. The van der Waals surface area contributed by atoms with Crippen LogP contribution in [-0.2, 0) is 18.6 Å². The molecule has 1 fully saturated rings. The average molecular weight is 529 g/mol. The number of carbonyl (C=O) groups excluding carboxylic acids is 1. The van der Waals surface area contributed by atoms with Crippen LogP contribution in [-0.4, -0.2) is 61.9 Å². The quantitative estimate of drug-likeness (QED) is 0.257. The summed E-state index contributed by atoms with van der Waals surface area (Å²) in [6, 6.07) is 8.58. The normalized spacial score (nSPS) is 24.6. The van der Waals surface area contributed by atoms with E-state index in [0.29, 0.717) is 0 Å². The number of aliphatic hydroxyl groups excluding tert-OH is 2. The largest absolute Gasteiger partial charge is 0.462 e. The van der Waals surface area contributed by atoms with Crippen molar-refractivity contribution in [3.63, 3.8) is 0 Å². The van der Waals surface area contributed by atoms with Gasteiger partial charge in [-0.15, -0.1) is 11.8 Å². The first-order valence-electron chi connectivity index (χ1n) is 10.8. The van der Waals surface area contributed by atoms with Crippen molar-refractivity contribution in [1.82, 2.24) is 14.6 Å². The monoisotopic (exact) mass is 528 g/mol. The highest BCUT2D eigenvalue weighted by atomic mass is 32.2. The van der Waals surface area contributed by atoms with Crippen LogP contribution in [0.2, 0.25) is 0 Å². The number of nitrogens with one attached hydrogen (secondary N) is 1. The first-order valence-corrected chi connectivity index (χ1v) is 13.3. The van der Waals surface area contributed by atoms with Gasteiger partial charge in [0.25, 0.3) is 0 Å². The Kier molecular flexibility index (Phi) is 8.97. The molecule has 1 aromatic heterocycles. The Labute approximate surface area is 206 Å². The van der Waals surface area contributed by atoms with Gasteiger partial charge < -0.3 is 25.2 Å². The number of ether oxygens (including phenoxy) is 1. The van der Waals surface area contributed by atoms with Crippen molar-refractivity contribution in [3.05, 3.63) is 53.1 Å². The van der Waals surface area contributed by atoms with E-state index in [1.54, 1.807) is 44.2 Å². The lowest BCUT2D eigenvalue weighted by atomic mass is 10.1. The van der Waals surface area contributed by atoms with Crippen molar-refractivity contribution in [1.29, 1.82) is 0 Å². The number of nitrogen functional groups attached to an aromatic ring is 1. The standard InChI is InChI=1S/C21H29N4O8PS/c1-12(2)32-20(28)13(3)24-34(30,33-14-7-5-4-6-8-14)31-11-15-17(26)18(27)19(35-15)25-10-9-16(22)23-21(25)29/h4-10,12-13,15,17-19,26-27H,11H2,1-3H3,(H,24,30)(H2,22,23,29)/t13-,15+,17+,18-,19+,34?/m0/s1. The Morgan fingerprint density at radius 1 is 1.23 bits per heavy atom. The maximum Gasteiger partial charge on any atom is 0.459 e. The lowest BCUT2D eigenvalue weighted by molar-refractivity contribution is -0.149. The van der Waals surface area contributed by atoms with Crippen molar-refractivity contribution in [3.8, 4) is 5.75 Å². The van der Waals surface area contributed by atoms with Crippen LogP contribution in [0.25, 0.3) is 0 Å². The van der Waals surface area contributed by atoms with Gasteiger partial charge in [-0.3, -0.25) is 13.9 Å². The summed E-state index contributed by atoms with van der Waals surface area (Å²) in [6.45, 7) is 4.49. The van der Waals surface area contributed by atoms with Gasteiger partial charge in [0, 0.05) is 6.20 Å². The predicted octanol–water partition coefficient (Wildman–Crippen LogP) is 1.29. The van der Waals surface area contributed by atoms with Crippen LogP contribution in [0.3, 0.4) is 0 Å². The van der Waals surface area contributed by atoms with E-state index in [1.165, 1.54) is 19.2 Å². The number of nitrogens with zero attached hydrogens (tertiary/aromatic N) is 2. The molecule has 0 spiro atoms. The SMILES string of the molecule is CC(C)OC(=O)[C@H](C)NP(=O)(OC[C@H]1S[C@@H](n2ccc(N)nc2=O)[C@@H](O)[C@@H]1O)Oc1ccccc1. The molecule has 0 radical (unpaired) electrons. The zero-order valence-corrected chi connectivity index (χ0v) is 21.1. The molecule has 2 heterocycles. The Bertz CT molecular complexity index is 1120. The Morgan fingerprint density at radius 2 is 1.91 bits per heavy atom. The molecule has 12 nitrogen and oxygen atoms in total. The molecule has 1 saturated heterocycles. The number of esters is 1. The Morgan fingerprint density at radius 3 is 2.54 bits per heavy atom. The van der Waals surface area contributed by atoms with Crippen molar-refractivity contribution in [2.24, 2.45) is 0 Å². The summed E-state index contributed by atoms with van der Waals surface area (Å²) in [5.41, 5.74) is 4.83. The van der Waals surface area contributed by atoms with Crippen LogP contribution in [0.5, 0.6) is 5.75 Å². The number of hydrogen-bond acceptors (Lipinski definition) is 11. The zero-order valence-electron chi connectivity index (χ0n) is 19.4. The number of rotatable bonds is 10. The highest BCUT2D eigenvalue weighted by Gasteiger charge is 2.45. The number of aromatic nitrogens is 2. The lowest BCUT2D eigenvalue weighted by Gasteiger charge is -2.25. The molecule has 6 atom stereocenters. The lowest BCUT2D eigenvalue weighted by Crippen LogP contribution is -2.38. The second-order valence-electron chi connectivity index (χ2n) is 8.12. The summed E-state index contributed by atoms with van der Waals surface area (Å²) in [5.74, 6) is -0.398. The maximum atomic E-state index is 13.6. The second kappa shape index (κ2) is 11.5. The molecule has 1 unspecified atom stereocenters. The molecule has 14 heteroatoms. The molecule has 5 N–H and O–H groups in total. The number of benzene rings is 1. The first-order chi connectivity index (χ1) is 16.5. The van der Waals surface area contributed by atoms with Crippen molar-refractivity contribution >= 4 is 31.3 Å². The molecule has 35 heavy (non-hydrogen) atoms. The molecule has 1 aromatic carbocycles. The summed E-state index contributed by atoms with van der Waals surface area (Å²) < 4.78 is 31.0. The molecule has 0 amide bonds. The highest BCUT2D eigenvalue weighted by Crippen LogP contribution is 2.48. The molecule has 3 rings (SSSR count). The molecule has 2 aromatic rings. The number of para-hydroxylation sites is 1. The Balaban J connectivity index is 1.75. The fourth-order valence-electron chi connectivity index (χ4n) is 3.22. The van der Waals surface area contributed by atoms with Crippen LogP contribution >= 0.6 is 19.5 Å². The van der Waals surface area contributed by atoms with E-state index in [9.17, 15) is 24.4 Å². The van der Waals surface area contributed by atoms with E-state index in [2.05, 4.69) is 10.1 Å². The molecule has 0 bridgehead atoms. The van der Waals surface area contributed by atoms with Gasteiger partial charge in [-0.1, -0.05) is 18.2 Å². The molecular formula is C21H29N4O8PS. The molecule has 0 saturated carbocycles. The highest BCUT2D eigenvalue weighted by molar-refractivity contribution is 8.00. The molecule has 0 aliphatic carbocycles. The zero-order chi connectivity index (χ0) is 25.8. The molecular weight excluding hydrogens is 499 g/mol. The summed E-state index contributed by atoms with van der Waals surface area (Å²) in [5, 5.41) is 22.0. The third-order valence-corrected chi connectivity index (χ3v) is 8.09. The van der Waals surface area contributed by atoms with Crippen molar-refractivity contribution in [2.45, 2.75) is 55.7 Å². The molecule has 1 aliphatic heterocycles. The number of hydrogen-bond donors (Lipinski definition) is 4. The summed E-state index contributed by atoms with van der Waals surface area (Å²) in [4.78, 5) is 28.1. The summed E-state index contributed by atoms with van der Waals surface area (Å²) in [7, 11) is -4.16. The Hall–Kier alpha value is -2.41. The minimum absolute atomic E-state index is 0.0272. The average Bonchev–Trinajstić information content (AvgIpc) is 3.06. The molecule has 1 aliphatic rings. The summed E-state index contributed by atoms with van der Waals surface area (Å²) >= 11 is 1.04. The van der Waals surface area contributed by atoms with Gasteiger partial charge in [-0.05, 0) is 39.0 Å². The fourth-order valence-corrected chi connectivity index (χ4v) is 6.28. The van der Waals surface area contributed by atoms with Crippen molar-refractivity contribution in [2.75, 3.05) is 12.3 Å². The van der Waals surface area contributed by atoms with Gasteiger partial charge in [-0.25, -0.2) is 9.36 Å². The summed E-state index contributed by atoms with van der Waals surface area (Å²) in [6.07, 6.45) is -1.66. The van der Waals surface area contributed by atoms with Gasteiger partial charge in [-0.2, -0.15) is 10.1 Å². The smallest absolute Gasteiger partial charge is 0.459 e. The van der Waals surface area contributed by atoms with E-state index >= 15 is 0 Å². The fraction of sp³-hybridized carbons (Fsp3) is 0.476. The number of carbonyl (C=O) groups is 1. The van der Waals surface area contributed by atoms with Crippen LogP contribution in [0.1, 0.15) is 26.1 Å². The van der Waals surface area contributed by atoms with Gasteiger partial charge in [0.1, 0.15) is 29.1 Å². The van der Waals surface area contributed by atoms with E-state index < -0.39 is 48.3 Å². The number of aliphatic hydroxyl groups is 2. The van der Waals surface area contributed by atoms with E-state index in [4.69, 9.17) is 19.5 Å². The minimum Gasteiger partial charge on any atom is -0.462 e. The predicted molar refractivity (Wildman–Crippen MR) is 130 cm³/mol. The second-order valence-corrected chi connectivity index (χ2v) is 11.2. The minimum atomic E-state index is -4.16. The van der Waals surface area contributed by atoms with Crippen LogP contribution in [0, 0.1) is 0 Å². The van der Waals surface area contributed by atoms with Gasteiger partial charge >= 0.3 is 19.4 Å². The van der Waals surface area contributed by atoms with E-state index in [1.807, 2.05) is 0 Å². The van der Waals surface area contributed by atoms with Crippen LogP contribution in [0.15, 0.2) is 47.4 Å². The van der Waals surface area contributed by atoms with Gasteiger partial charge in [0.05, 0.1) is 24.1 Å².